The predicted molar refractivity (Wildman–Crippen MR) is 82.3 cm³/mol. The molecule has 0 aliphatic carbocycles. The Morgan fingerprint density at radius 3 is 3.29 bits per heavy atom. The van der Waals surface area contributed by atoms with Crippen molar-refractivity contribution in [3.05, 3.63) is 41.6 Å². The number of nitrogens with zero attached hydrogens (tertiary/aromatic N) is 1. The maximum absolute atomic E-state index is 11.7. The van der Waals surface area contributed by atoms with Crippen LogP contribution in [0.3, 0.4) is 0 Å². The lowest BCUT2D eigenvalue weighted by Gasteiger charge is -2.14. The molecule has 2 aromatic rings. The summed E-state index contributed by atoms with van der Waals surface area (Å²) in [5.41, 5.74) is 2.01. The van der Waals surface area contributed by atoms with Crippen molar-refractivity contribution in [2.75, 3.05) is 17.7 Å². The molecule has 1 aliphatic heterocycles. The van der Waals surface area contributed by atoms with Crippen molar-refractivity contribution < 1.29 is 9.53 Å². The summed E-state index contributed by atoms with van der Waals surface area (Å²) in [6.07, 6.45) is 6.95. The standard InChI is InChI=1S/C15H13N3O2S/c1-2-6-20-11-5-3-4-10(7-11)14-12-8-16-18-15(12)17-13(19)9-21-14/h1,3-5,7-8,14H,6,9H2,(H2,16,17,18,19)/t14-/m0/s1. The summed E-state index contributed by atoms with van der Waals surface area (Å²) >= 11 is 1.56. The number of aromatic nitrogens is 2. The molecule has 0 radical (unpaired) electrons. The Hall–Kier alpha value is -2.39. The maximum Gasteiger partial charge on any atom is 0.235 e. The molecule has 0 spiro atoms. The number of hydrogen-bond donors (Lipinski definition) is 2. The highest BCUT2D eigenvalue weighted by molar-refractivity contribution is 8.00. The number of rotatable bonds is 3. The van der Waals surface area contributed by atoms with Gasteiger partial charge in [0.25, 0.3) is 0 Å². The minimum atomic E-state index is -0.0345. The van der Waals surface area contributed by atoms with Gasteiger partial charge in [-0.3, -0.25) is 9.89 Å². The number of benzene rings is 1. The summed E-state index contributed by atoms with van der Waals surface area (Å²) in [6, 6.07) is 7.73. The van der Waals surface area contributed by atoms with Crippen LogP contribution in [0.2, 0.25) is 0 Å². The van der Waals surface area contributed by atoms with Crippen LogP contribution in [0.4, 0.5) is 5.82 Å². The molecular weight excluding hydrogens is 286 g/mol. The first kappa shape index (κ1) is 13.6. The van der Waals surface area contributed by atoms with Gasteiger partial charge in [0.2, 0.25) is 5.91 Å². The van der Waals surface area contributed by atoms with E-state index in [9.17, 15) is 4.79 Å². The van der Waals surface area contributed by atoms with Gasteiger partial charge in [0.1, 0.15) is 18.2 Å². The highest BCUT2D eigenvalue weighted by Crippen LogP contribution is 2.41. The number of fused-ring (bicyclic) bond motifs is 1. The highest BCUT2D eigenvalue weighted by Gasteiger charge is 2.25. The molecule has 0 fully saturated rings. The van der Waals surface area contributed by atoms with Gasteiger partial charge >= 0.3 is 0 Å². The van der Waals surface area contributed by atoms with Gasteiger partial charge in [-0.2, -0.15) is 5.10 Å². The van der Waals surface area contributed by atoms with Crippen LogP contribution in [0, 0.1) is 12.3 Å². The molecule has 0 saturated heterocycles. The van der Waals surface area contributed by atoms with E-state index in [1.165, 1.54) is 0 Å². The number of thioether (sulfide) groups is 1. The van der Waals surface area contributed by atoms with Gasteiger partial charge in [-0.15, -0.1) is 18.2 Å². The van der Waals surface area contributed by atoms with Crippen molar-refractivity contribution in [3.8, 4) is 18.1 Å². The summed E-state index contributed by atoms with van der Waals surface area (Å²) in [5.74, 6) is 4.18. The molecule has 1 aromatic carbocycles. The lowest BCUT2D eigenvalue weighted by molar-refractivity contribution is -0.113. The smallest absolute Gasteiger partial charge is 0.235 e. The molecule has 5 nitrogen and oxygen atoms in total. The van der Waals surface area contributed by atoms with Crippen LogP contribution in [0.5, 0.6) is 5.75 Å². The van der Waals surface area contributed by atoms with Gasteiger partial charge in [-0.25, -0.2) is 0 Å². The number of carbonyl (C=O) groups is 1. The topological polar surface area (TPSA) is 67.0 Å². The molecule has 1 aromatic heterocycles. The number of H-pyrrole nitrogens is 1. The molecule has 106 valence electrons. The van der Waals surface area contributed by atoms with Gasteiger partial charge in [-0.1, -0.05) is 18.1 Å². The van der Waals surface area contributed by atoms with E-state index < -0.39 is 0 Å². The van der Waals surface area contributed by atoms with Crippen LogP contribution in [-0.4, -0.2) is 28.5 Å². The molecule has 0 bridgehead atoms. The highest BCUT2D eigenvalue weighted by atomic mass is 32.2. The second-order valence-electron chi connectivity index (χ2n) is 4.50. The fourth-order valence-corrected chi connectivity index (χ4v) is 3.27. The minimum absolute atomic E-state index is 0.0204. The quantitative estimate of drug-likeness (QED) is 0.853. The predicted octanol–water partition coefficient (Wildman–Crippen LogP) is 2.20. The Balaban J connectivity index is 1.93. The van der Waals surface area contributed by atoms with Crippen molar-refractivity contribution in [1.29, 1.82) is 0 Å². The number of anilines is 1. The lowest BCUT2D eigenvalue weighted by Crippen LogP contribution is -2.12. The average Bonchev–Trinajstić information content (AvgIpc) is 2.88. The number of aromatic amines is 1. The number of carbonyl (C=O) groups excluding carboxylic acids is 1. The third kappa shape index (κ3) is 2.88. The normalized spacial score (nSPS) is 17.3. The number of nitrogens with one attached hydrogen (secondary N) is 2. The molecule has 2 heterocycles. The van der Waals surface area contributed by atoms with Crippen LogP contribution < -0.4 is 10.1 Å². The second kappa shape index (κ2) is 5.94. The molecular formula is C15H13N3O2S. The first-order valence-corrected chi connectivity index (χ1v) is 7.44. The average molecular weight is 299 g/mol. The zero-order chi connectivity index (χ0) is 14.7. The first-order chi connectivity index (χ1) is 10.3. The zero-order valence-electron chi connectivity index (χ0n) is 11.1. The van der Waals surface area contributed by atoms with E-state index in [2.05, 4.69) is 21.4 Å². The Morgan fingerprint density at radius 2 is 2.43 bits per heavy atom. The molecule has 1 atom stereocenters. The van der Waals surface area contributed by atoms with E-state index in [4.69, 9.17) is 11.2 Å². The Morgan fingerprint density at radius 1 is 1.52 bits per heavy atom. The molecule has 0 saturated carbocycles. The van der Waals surface area contributed by atoms with Crippen molar-refractivity contribution in [2.24, 2.45) is 0 Å². The van der Waals surface area contributed by atoms with E-state index in [-0.39, 0.29) is 17.8 Å². The number of ether oxygens (including phenoxy) is 1. The molecule has 2 N–H and O–H groups in total. The minimum Gasteiger partial charge on any atom is -0.481 e. The SMILES string of the molecule is C#CCOc1cccc([C@@H]2SCC(=O)Nc3[nH]ncc32)c1. The Kier molecular flexibility index (Phi) is 3.84. The summed E-state index contributed by atoms with van der Waals surface area (Å²) in [6.45, 7) is 0.234. The van der Waals surface area contributed by atoms with Gasteiger partial charge < -0.3 is 10.1 Å². The number of terminal acetylenes is 1. The Bertz CT molecular complexity index is 705. The second-order valence-corrected chi connectivity index (χ2v) is 5.60. The van der Waals surface area contributed by atoms with Gasteiger partial charge in [0.05, 0.1) is 17.2 Å². The summed E-state index contributed by atoms with van der Waals surface area (Å²) in [7, 11) is 0. The van der Waals surface area contributed by atoms with Gasteiger partial charge in [0, 0.05) is 5.56 Å². The monoisotopic (exact) mass is 299 g/mol. The summed E-state index contributed by atoms with van der Waals surface area (Å²) in [4.78, 5) is 11.7. The van der Waals surface area contributed by atoms with Crippen molar-refractivity contribution in [3.63, 3.8) is 0 Å². The number of amides is 1. The molecule has 1 aliphatic rings. The third-order valence-corrected chi connectivity index (χ3v) is 4.37. The van der Waals surface area contributed by atoms with E-state index >= 15 is 0 Å². The first-order valence-electron chi connectivity index (χ1n) is 6.39. The van der Waals surface area contributed by atoms with E-state index in [1.54, 1.807) is 18.0 Å². The van der Waals surface area contributed by atoms with E-state index in [0.717, 1.165) is 16.9 Å². The van der Waals surface area contributed by atoms with Crippen LogP contribution in [0.1, 0.15) is 16.4 Å². The van der Waals surface area contributed by atoms with Crippen LogP contribution in [0.15, 0.2) is 30.5 Å². The molecule has 1 amide bonds. The van der Waals surface area contributed by atoms with Crippen molar-refractivity contribution in [1.82, 2.24) is 10.2 Å². The maximum atomic E-state index is 11.7. The lowest BCUT2D eigenvalue weighted by atomic mass is 10.1. The molecule has 6 heteroatoms. The number of hydrogen-bond acceptors (Lipinski definition) is 4. The van der Waals surface area contributed by atoms with Crippen LogP contribution in [-0.2, 0) is 4.79 Å². The Labute approximate surface area is 126 Å². The molecule has 3 rings (SSSR count). The largest absolute Gasteiger partial charge is 0.481 e. The third-order valence-electron chi connectivity index (χ3n) is 3.08. The van der Waals surface area contributed by atoms with Gasteiger partial charge in [-0.05, 0) is 17.7 Å². The fraction of sp³-hybridized carbons (Fsp3) is 0.200. The van der Waals surface area contributed by atoms with Crippen molar-refractivity contribution >= 4 is 23.5 Å². The van der Waals surface area contributed by atoms with E-state index in [1.807, 2.05) is 24.3 Å². The van der Waals surface area contributed by atoms with Crippen LogP contribution in [0.25, 0.3) is 0 Å². The molecule has 0 unspecified atom stereocenters. The van der Waals surface area contributed by atoms with Crippen LogP contribution >= 0.6 is 11.8 Å². The fourth-order valence-electron chi connectivity index (χ4n) is 2.19. The summed E-state index contributed by atoms with van der Waals surface area (Å²) < 4.78 is 5.46. The van der Waals surface area contributed by atoms with Gasteiger partial charge in [0.15, 0.2) is 0 Å². The van der Waals surface area contributed by atoms with E-state index in [0.29, 0.717) is 11.6 Å². The molecule has 21 heavy (non-hydrogen) atoms. The van der Waals surface area contributed by atoms with Crippen molar-refractivity contribution in [2.45, 2.75) is 5.25 Å². The zero-order valence-corrected chi connectivity index (χ0v) is 11.9. The summed E-state index contributed by atoms with van der Waals surface area (Å²) in [5, 5.41) is 9.68.